The van der Waals surface area contributed by atoms with E-state index in [-0.39, 0.29) is 12.5 Å². The van der Waals surface area contributed by atoms with E-state index in [1.165, 1.54) is 5.01 Å². The first-order valence-corrected chi connectivity index (χ1v) is 12.9. The molecule has 3 aromatic carbocycles. The molecule has 0 spiro atoms. The number of hydrogen-bond acceptors (Lipinski definition) is 5. The first kappa shape index (κ1) is 25.6. The average Bonchev–Trinajstić information content (AvgIpc) is 3.16. The summed E-state index contributed by atoms with van der Waals surface area (Å²) in [4.78, 5) is 28.4. The molecule has 2 N–H and O–H groups in total. The Morgan fingerprint density at radius 3 is 2.42 bits per heavy atom. The number of nitrogens with zero attached hydrogens (tertiary/aromatic N) is 3. The molecule has 7 nitrogen and oxygen atoms in total. The summed E-state index contributed by atoms with van der Waals surface area (Å²) >= 11 is 0. The number of amides is 2. The van der Waals surface area contributed by atoms with Crippen molar-refractivity contribution in [1.29, 1.82) is 0 Å². The van der Waals surface area contributed by atoms with Crippen LogP contribution >= 0.6 is 0 Å². The Morgan fingerprint density at radius 1 is 1.00 bits per heavy atom. The Balaban J connectivity index is 1.58. The van der Waals surface area contributed by atoms with Crippen molar-refractivity contribution in [1.82, 2.24) is 0 Å². The summed E-state index contributed by atoms with van der Waals surface area (Å²) < 4.78 is 0. The molecule has 5 rings (SSSR count). The maximum Gasteiger partial charge on any atom is 0.264 e. The lowest BCUT2D eigenvalue weighted by Crippen LogP contribution is -2.44. The van der Waals surface area contributed by atoms with Crippen molar-refractivity contribution in [3.63, 3.8) is 0 Å². The van der Waals surface area contributed by atoms with Crippen molar-refractivity contribution in [3.8, 4) is 0 Å². The molecule has 2 aliphatic heterocycles. The fourth-order valence-corrected chi connectivity index (χ4v) is 5.10. The van der Waals surface area contributed by atoms with E-state index >= 15 is 0 Å². The van der Waals surface area contributed by atoms with Gasteiger partial charge in [-0.2, -0.15) is 5.10 Å². The Hall–Kier alpha value is -4.07. The van der Waals surface area contributed by atoms with Gasteiger partial charge in [-0.1, -0.05) is 79.7 Å². The monoisotopic (exact) mass is 509 g/mol. The molecule has 7 heteroatoms. The summed E-state index contributed by atoms with van der Waals surface area (Å²) in [6.07, 6.45) is 4.81. The molecule has 0 fully saturated rings. The first-order chi connectivity index (χ1) is 18.4. The van der Waals surface area contributed by atoms with Crippen molar-refractivity contribution in [2.24, 2.45) is 11.0 Å². The van der Waals surface area contributed by atoms with Gasteiger partial charge in [-0.25, -0.2) is 5.01 Å². The summed E-state index contributed by atoms with van der Waals surface area (Å²) in [6, 6.07) is 24.6. The van der Waals surface area contributed by atoms with Crippen molar-refractivity contribution in [2.75, 3.05) is 16.5 Å². The molecule has 0 unspecified atom stereocenters. The third kappa shape index (κ3) is 4.66. The number of hydrazone groups is 1. The van der Waals surface area contributed by atoms with Gasteiger partial charge in [0.05, 0.1) is 23.6 Å². The zero-order valence-corrected chi connectivity index (χ0v) is 21.3. The zero-order chi connectivity index (χ0) is 26.7. The van der Waals surface area contributed by atoms with Gasteiger partial charge >= 0.3 is 0 Å². The maximum atomic E-state index is 13.8. The van der Waals surface area contributed by atoms with Crippen LogP contribution in [0.1, 0.15) is 42.9 Å². The molecule has 2 atom stereocenters. The summed E-state index contributed by atoms with van der Waals surface area (Å²) in [5.41, 5.74) is 2.40. The lowest BCUT2D eigenvalue weighted by Gasteiger charge is -2.28. The minimum Gasteiger partial charge on any atom is -0.396 e. The van der Waals surface area contributed by atoms with Gasteiger partial charge in [0.25, 0.3) is 5.91 Å². The van der Waals surface area contributed by atoms with Crippen LogP contribution in [0.15, 0.2) is 96.1 Å². The predicted molar refractivity (Wildman–Crippen MR) is 148 cm³/mol. The summed E-state index contributed by atoms with van der Waals surface area (Å²) in [7, 11) is 0. The molecule has 0 bridgehead atoms. The third-order valence-electron chi connectivity index (χ3n) is 7.20. The summed E-state index contributed by atoms with van der Waals surface area (Å²) in [5, 5.41) is 27.2. The molecule has 0 radical (unpaired) electrons. The van der Waals surface area contributed by atoms with Crippen LogP contribution in [0.5, 0.6) is 0 Å². The topological polar surface area (TPSA) is 93.4 Å². The Labute approximate surface area is 222 Å². The number of aliphatic hydroxyl groups excluding tert-OH is 1. The Kier molecular flexibility index (Phi) is 7.22. The smallest absolute Gasteiger partial charge is 0.264 e. The van der Waals surface area contributed by atoms with Crippen molar-refractivity contribution in [2.45, 2.75) is 38.3 Å². The number of benzene rings is 3. The van der Waals surface area contributed by atoms with E-state index in [0.717, 1.165) is 16.8 Å². The SMILES string of the molecule is C[C@H](/C=C/CCO)[C@@]1(O)C(=O)N(Cc2ccccc2)c2ccc(N3N=C(c4ccccc4)CCC3=O)cc21. The van der Waals surface area contributed by atoms with Gasteiger partial charge in [0.15, 0.2) is 5.60 Å². The lowest BCUT2D eigenvalue weighted by atomic mass is 9.82. The molecule has 0 saturated carbocycles. The number of hydrogen-bond donors (Lipinski definition) is 2. The predicted octanol–water partition coefficient (Wildman–Crippen LogP) is 4.53. The van der Waals surface area contributed by atoms with Gasteiger partial charge < -0.3 is 15.1 Å². The number of carbonyl (C=O) groups is 2. The zero-order valence-electron chi connectivity index (χ0n) is 21.3. The highest BCUT2D eigenvalue weighted by Gasteiger charge is 2.52. The molecular weight excluding hydrogens is 478 g/mol. The molecule has 38 heavy (non-hydrogen) atoms. The molecule has 2 heterocycles. The highest BCUT2D eigenvalue weighted by molar-refractivity contribution is 6.10. The van der Waals surface area contributed by atoms with Gasteiger partial charge in [-0.15, -0.1) is 0 Å². The van der Waals surface area contributed by atoms with Gasteiger partial charge in [0, 0.05) is 30.9 Å². The van der Waals surface area contributed by atoms with Crippen LogP contribution in [0.4, 0.5) is 11.4 Å². The second kappa shape index (κ2) is 10.7. The lowest BCUT2D eigenvalue weighted by molar-refractivity contribution is -0.139. The van der Waals surface area contributed by atoms with Crippen LogP contribution in [0.25, 0.3) is 0 Å². The molecule has 3 aromatic rings. The van der Waals surface area contributed by atoms with E-state index in [1.807, 2.05) is 60.7 Å². The molecule has 0 saturated heterocycles. The van der Waals surface area contributed by atoms with Crippen molar-refractivity contribution in [3.05, 3.63) is 108 Å². The second-order valence-electron chi connectivity index (χ2n) is 9.69. The molecule has 2 aliphatic rings. The van der Waals surface area contributed by atoms with Gasteiger partial charge in [0.1, 0.15) is 0 Å². The van der Waals surface area contributed by atoms with Crippen LogP contribution in [0.2, 0.25) is 0 Å². The highest BCUT2D eigenvalue weighted by Crippen LogP contribution is 2.47. The van der Waals surface area contributed by atoms with Crippen LogP contribution in [0.3, 0.4) is 0 Å². The molecular formula is C31H31N3O4. The molecule has 0 aromatic heterocycles. The third-order valence-corrected chi connectivity index (χ3v) is 7.20. The summed E-state index contributed by atoms with van der Waals surface area (Å²) in [5.74, 6) is -1.14. The maximum absolute atomic E-state index is 13.8. The molecule has 0 aliphatic carbocycles. The number of aliphatic hydroxyl groups is 2. The van der Waals surface area contributed by atoms with E-state index in [9.17, 15) is 19.8 Å². The number of rotatable bonds is 8. The highest BCUT2D eigenvalue weighted by atomic mass is 16.3. The van der Waals surface area contributed by atoms with E-state index < -0.39 is 17.4 Å². The Bertz CT molecular complexity index is 1390. The number of anilines is 2. The van der Waals surface area contributed by atoms with Gasteiger partial charge in [-0.05, 0) is 35.7 Å². The standard InChI is InChI=1S/C31H31N3O4/c1-22(10-8-9-19-35)31(38)26-20-25(34-29(36)18-16-27(32-34)24-13-6-3-7-14-24)15-17-28(26)33(30(31)37)21-23-11-4-2-5-12-23/h2-8,10-15,17,20,22,35,38H,9,16,18-19,21H2,1H3/b10-8+/t22-,31+/m1/s1. The van der Waals surface area contributed by atoms with Crippen LogP contribution < -0.4 is 9.91 Å². The minimum absolute atomic E-state index is 0.0186. The fourth-order valence-electron chi connectivity index (χ4n) is 5.10. The van der Waals surface area contributed by atoms with E-state index in [1.54, 1.807) is 42.2 Å². The molecule has 194 valence electrons. The van der Waals surface area contributed by atoms with Gasteiger partial charge in [0.2, 0.25) is 5.91 Å². The van der Waals surface area contributed by atoms with Gasteiger partial charge in [-0.3, -0.25) is 9.59 Å². The quantitative estimate of drug-likeness (QED) is 0.437. The van der Waals surface area contributed by atoms with E-state index in [0.29, 0.717) is 42.7 Å². The fraction of sp³-hybridized carbons (Fsp3) is 0.258. The molecule has 2 amide bonds. The largest absolute Gasteiger partial charge is 0.396 e. The summed E-state index contributed by atoms with van der Waals surface area (Å²) in [6.45, 7) is 2.07. The van der Waals surface area contributed by atoms with Crippen molar-refractivity contribution >= 4 is 28.9 Å². The second-order valence-corrected chi connectivity index (χ2v) is 9.69. The number of fused-ring (bicyclic) bond motifs is 1. The normalized spacial score (nSPS) is 20.1. The van der Waals surface area contributed by atoms with E-state index in [2.05, 4.69) is 5.10 Å². The average molecular weight is 510 g/mol. The van der Waals surface area contributed by atoms with Crippen LogP contribution in [-0.4, -0.2) is 34.3 Å². The number of carbonyl (C=O) groups excluding carboxylic acids is 2. The van der Waals surface area contributed by atoms with E-state index in [4.69, 9.17) is 0 Å². The van der Waals surface area contributed by atoms with Crippen LogP contribution in [-0.2, 0) is 21.7 Å². The minimum atomic E-state index is -1.84. The van der Waals surface area contributed by atoms with Crippen LogP contribution in [0, 0.1) is 5.92 Å². The van der Waals surface area contributed by atoms with Crippen molar-refractivity contribution < 1.29 is 19.8 Å². The Morgan fingerprint density at radius 2 is 1.71 bits per heavy atom. The first-order valence-electron chi connectivity index (χ1n) is 12.9.